The lowest BCUT2D eigenvalue weighted by Gasteiger charge is -2.31. The predicted molar refractivity (Wildman–Crippen MR) is 95.8 cm³/mol. The van der Waals surface area contributed by atoms with Crippen LogP contribution in [0.25, 0.3) is 0 Å². The number of sulfonamides is 1. The fraction of sp³-hybridized carbons (Fsp3) is 0.556. The molecule has 1 aromatic carbocycles. The molecule has 6 nitrogen and oxygen atoms in total. The molecule has 1 fully saturated rings. The average molecular weight is 366 g/mol. The minimum Gasteiger partial charge on any atom is -0.353 e. The van der Waals surface area contributed by atoms with Crippen LogP contribution in [0.5, 0.6) is 0 Å². The number of hydrogen-bond acceptors (Lipinski definition) is 4. The Morgan fingerprint density at radius 1 is 1.28 bits per heavy atom. The molecule has 7 heteroatoms. The van der Waals surface area contributed by atoms with Gasteiger partial charge in [-0.25, -0.2) is 8.42 Å². The van der Waals surface area contributed by atoms with Gasteiger partial charge < -0.3 is 5.32 Å². The Balaban J connectivity index is 2.05. The van der Waals surface area contributed by atoms with Crippen LogP contribution in [0, 0.1) is 5.92 Å². The van der Waals surface area contributed by atoms with Gasteiger partial charge in [-0.1, -0.05) is 19.1 Å². The highest BCUT2D eigenvalue weighted by Gasteiger charge is 2.32. The summed E-state index contributed by atoms with van der Waals surface area (Å²) in [6.07, 6.45) is 1.88. The summed E-state index contributed by atoms with van der Waals surface area (Å²) in [6.45, 7) is 6.00. The summed E-state index contributed by atoms with van der Waals surface area (Å²) in [5.74, 6) is -0.313. The fourth-order valence-corrected chi connectivity index (χ4v) is 4.36. The zero-order chi connectivity index (χ0) is 18.6. The van der Waals surface area contributed by atoms with E-state index in [1.807, 2.05) is 13.8 Å². The quantitative estimate of drug-likeness (QED) is 0.783. The Bertz CT molecular complexity index is 737. The van der Waals surface area contributed by atoms with Crippen LogP contribution >= 0.6 is 0 Å². The summed E-state index contributed by atoms with van der Waals surface area (Å²) in [5.41, 5.74) is 0.379. The molecule has 2 rings (SSSR count). The zero-order valence-corrected chi connectivity index (χ0v) is 15.8. The first-order chi connectivity index (χ1) is 11.8. The van der Waals surface area contributed by atoms with Crippen LogP contribution in [-0.2, 0) is 14.8 Å². The molecule has 1 atom stereocenters. The van der Waals surface area contributed by atoms with Crippen LogP contribution in [0.1, 0.15) is 50.4 Å². The van der Waals surface area contributed by atoms with E-state index in [2.05, 4.69) is 5.32 Å². The van der Waals surface area contributed by atoms with Crippen molar-refractivity contribution in [1.82, 2.24) is 9.62 Å². The minimum absolute atomic E-state index is 0.00461. The number of hydrogen-bond donors (Lipinski definition) is 1. The van der Waals surface area contributed by atoms with Gasteiger partial charge in [-0.3, -0.25) is 9.59 Å². The summed E-state index contributed by atoms with van der Waals surface area (Å²) >= 11 is 0. The largest absolute Gasteiger partial charge is 0.353 e. The molecular formula is C18H26N2O4S. The third-order valence-corrected chi connectivity index (χ3v) is 6.60. The first-order valence-corrected chi connectivity index (χ1v) is 10.1. The Morgan fingerprint density at radius 2 is 1.92 bits per heavy atom. The van der Waals surface area contributed by atoms with E-state index in [0.29, 0.717) is 31.5 Å². The zero-order valence-electron chi connectivity index (χ0n) is 15.0. The molecule has 0 radical (unpaired) electrons. The number of piperidine rings is 1. The fourth-order valence-electron chi connectivity index (χ4n) is 2.85. The van der Waals surface area contributed by atoms with Gasteiger partial charge in [-0.2, -0.15) is 4.31 Å². The molecule has 1 aliphatic rings. The molecule has 1 amide bonds. The van der Waals surface area contributed by atoms with Crippen LogP contribution in [0.15, 0.2) is 29.2 Å². The van der Waals surface area contributed by atoms with E-state index in [1.165, 1.54) is 23.4 Å². The van der Waals surface area contributed by atoms with Crippen molar-refractivity contribution in [1.29, 1.82) is 0 Å². The predicted octanol–water partition coefficient (Wildman–Crippen LogP) is 2.20. The van der Waals surface area contributed by atoms with Crippen molar-refractivity contribution in [2.75, 3.05) is 13.1 Å². The van der Waals surface area contributed by atoms with Crippen LogP contribution in [0.4, 0.5) is 0 Å². The molecule has 1 N–H and O–H groups in total. The number of nitrogens with zero attached hydrogens (tertiary/aromatic N) is 1. The SMILES string of the molecule is CCC(C)NC(=O)C1CCN(S(=O)(=O)c2cccc(C(C)=O)c2)CC1. The van der Waals surface area contributed by atoms with E-state index in [4.69, 9.17) is 0 Å². The first-order valence-electron chi connectivity index (χ1n) is 8.67. The van der Waals surface area contributed by atoms with Crippen molar-refractivity contribution >= 4 is 21.7 Å². The minimum atomic E-state index is -3.65. The summed E-state index contributed by atoms with van der Waals surface area (Å²) in [4.78, 5) is 23.8. The summed E-state index contributed by atoms with van der Waals surface area (Å²) in [5, 5.41) is 2.96. The second kappa shape index (κ2) is 8.10. The van der Waals surface area contributed by atoms with Gasteiger partial charge in [0.1, 0.15) is 0 Å². The molecule has 0 aliphatic carbocycles. The molecule has 1 aliphatic heterocycles. The maximum absolute atomic E-state index is 12.8. The van der Waals surface area contributed by atoms with Gasteiger partial charge in [0, 0.05) is 30.6 Å². The molecule has 25 heavy (non-hydrogen) atoms. The van der Waals surface area contributed by atoms with Crippen molar-refractivity contribution in [2.24, 2.45) is 5.92 Å². The van der Waals surface area contributed by atoms with Gasteiger partial charge in [0.05, 0.1) is 4.90 Å². The Labute approximate surface area is 149 Å². The molecule has 1 saturated heterocycles. The van der Waals surface area contributed by atoms with E-state index in [9.17, 15) is 18.0 Å². The molecule has 0 bridgehead atoms. The summed E-state index contributed by atoms with van der Waals surface area (Å²) in [7, 11) is -3.65. The lowest BCUT2D eigenvalue weighted by molar-refractivity contribution is -0.126. The molecule has 0 saturated carbocycles. The number of ketones is 1. The number of amides is 1. The standard InChI is InChI=1S/C18H26N2O4S/c1-4-13(2)19-18(22)15-8-10-20(11-9-15)25(23,24)17-7-5-6-16(12-17)14(3)21/h5-7,12-13,15H,4,8-11H2,1-3H3,(H,19,22). The van der Waals surface area contributed by atoms with Crippen LogP contribution in [0.3, 0.4) is 0 Å². The summed E-state index contributed by atoms with van der Waals surface area (Å²) < 4.78 is 27.0. The van der Waals surface area contributed by atoms with Crippen LogP contribution in [-0.4, -0.2) is 43.5 Å². The van der Waals surface area contributed by atoms with Gasteiger partial charge in [0.15, 0.2) is 5.78 Å². The normalized spacial score (nSPS) is 17.9. The second-order valence-corrected chi connectivity index (χ2v) is 8.52. The molecule has 1 heterocycles. The van der Waals surface area contributed by atoms with E-state index in [1.54, 1.807) is 12.1 Å². The average Bonchev–Trinajstić information content (AvgIpc) is 2.61. The monoisotopic (exact) mass is 366 g/mol. The number of carbonyl (C=O) groups excluding carboxylic acids is 2. The highest BCUT2D eigenvalue weighted by atomic mass is 32.2. The van der Waals surface area contributed by atoms with Gasteiger partial charge >= 0.3 is 0 Å². The van der Waals surface area contributed by atoms with Crippen molar-refractivity contribution in [2.45, 2.75) is 51.0 Å². The molecule has 0 aromatic heterocycles. The van der Waals surface area contributed by atoms with Gasteiger partial charge in [-0.15, -0.1) is 0 Å². The smallest absolute Gasteiger partial charge is 0.243 e. The van der Waals surface area contributed by atoms with E-state index < -0.39 is 10.0 Å². The van der Waals surface area contributed by atoms with Gasteiger partial charge in [0.25, 0.3) is 0 Å². The van der Waals surface area contributed by atoms with Crippen LogP contribution in [0.2, 0.25) is 0 Å². The molecule has 1 unspecified atom stereocenters. The van der Waals surface area contributed by atoms with Gasteiger partial charge in [-0.05, 0) is 45.2 Å². The molecular weight excluding hydrogens is 340 g/mol. The van der Waals surface area contributed by atoms with Crippen LogP contribution < -0.4 is 5.32 Å². The topological polar surface area (TPSA) is 83.6 Å². The Kier molecular flexibility index (Phi) is 6.35. The molecule has 0 spiro atoms. The number of Topliss-reactive ketones (excluding diaryl/α,β-unsaturated/α-hetero) is 1. The maximum Gasteiger partial charge on any atom is 0.243 e. The maximum atomic E-state index is 12.8. The van der Waals surface area contributed by atoms with Crippen molar-refractivity contribution < 1.29 is 18.0 Å². The van der Waals surface area contributed by atoms with Crippen molar-refractivity contribution in [3.8, 4) is 0 Å². The number of rotatable bonds is 6. The van der Waals surface area contributed by atoms with Crippen molar-refractivity contribution in [3.05, 3.63) is 29.8 Å². The lowest BCUT2D eigenvalue weighted by atomic mass is 9.97. The molecule has 138 valence electrons. The van der Waals surface area contributed by atoms with E-state index in [-0.39, 0.29) is 28.5 Å². The van der Waals surface area contributed by atoms with Crippen molar-refractivity contribution in [3.63, 3.8) is 0 Å². The number of benzene rings is 1. The third kappa shape index (κ3) is 4.67. The Morgan fingerprint density at radius 3 is 2.48 bits per heavy atom. The van der Waals surface area contributed by atoms with Gasteiger partial charge in [0.2, 0.25) is 15.9 Å². The second-order valence-electron chi connectivity index (χ2n) is 6.58. The Hall–Kier alpha value is -1.73. The highest BCUT2D eigenvalue weighted by Crippen LogP contribution is 2.24. The molecule has 1 aromatic rings. The third-order valence-electron chi connectivity index (χ3n) is 4.70. The first kappa shape index (κ1) is 19.6. The van der Waals surface area contributed by atoms with E-state index >= 15 is 0 Å². The lowest BCUT2D eigenvalue weighted by Crippen LogP contribution is -2.44. The summed E-state index contributed by atoms with van der Waals surface area (Å²) in [6, 6.07) is 6.23. The number of nitrogens with one attached hydrogen (secondary N) is 1. The van der Waals surface area contributed by atoms with E-state index in [0.717, 1.165) is 6.42 Å². The number of carbonyl (C=O) groups is 2. The highest BCUT2D eigenvalue weighted by molar-refractivity contribution is 7.89.